The summed E-state index contributed by atoms with van der Waals surface area (Å²) in [6, 6.07) is 0. The summed E-state index contributed by atoms with van der Waals surface area (Å²) < 4.78 is 69.8. The van der Waals surface area contributed by atoms with Crippen molar-refractivity contribution in [2.75, 3.05) is 159 Å². The third-order valence-corrected chi connectivity index (χ3v) is 6.45. The van der Waals surface area contributed by atoms with E-state index in [1.54, 1.807) is 6.92 Å². The molecule has 0 bridgehead atoms. The molecule has 0 aliphatic rings. The summed E-state index contributed by atoms with van der Waals surface area (Å²) in [6.07, 6.45) is 6.31. The van der Waals surface area contributed by atoms with E-state index in [-0.39, 0.29) is 25.0 Å². The van der Waals surface area contributed by atoms with Crippen LogP contribution in [0.15, 0.2) is 0 Å². The van der Waals surface area contributed by atoms with Gasteiger partial charge >= 0.3 is 11.9 Å². The van der Waals surface area contributed by atoms with E-state index in [1.165, 1.54) is 19.3 Å². The Morgan fingerprint density at radius 3 is 0.900 bits per heavy atom. The normalized spacial score (nSPS) is 11.3. The van der Waals surface area contributed by atoms with Crippen LogP contribution in [0.4, 0.5) is 0 Å². The molecule has 0 aliphatic heterocycles. The zero-order valence-electron chi connectivity index (χ0n) is 31.0. The van der Waals surface area contributed by atoms with Crippen LogP contribution >= 0.6 is 0 Å². The quantitative estimate of drug-likeness (QED) is 0.0667. The Hall–Kier alpha value is -1.50. The first kappa shape index (κ1) is 48.5. The van der Waals surface area contributed by atoms with Crippen LogP contribution in [-0.2, 0) is 71.2 Å². The topological polar surface area (TPSA) is 154 Å². The Morgan fingerprint density at radius 1 is 0.300 bits per heavy atom. The summed E-state index contributed by atoms with van der Waals surface area (Å²) in [7, 11) is 0. The largest absolute Gasteiger partial charge is 0.466 e. The van der Waals surface area contributed by atoms with Crippen molar-refractivity contribution in [3.63, 3.8) is 0 Å². The van der Waals surface area contributed by atoms with Gasteiger partial charge in [-0.15, -0.1) is 0 Å². The lowest BCUT2D eigenvalue weighted by molar-refractivity contribution is -0.146. The summed E-state index contributed by atoms with van der Waals surface area (Å²) in [5.41, 5.74) is 0. The number of hydrogen-bond acceptors (Lipinski definition) is 15. The minimum atomic E-state index is -0.254. The summed E-state index contributed by atoms with van der Waals surface area (Å²) in [4.78, 5) is 22.8. The first-order chi connectivity index (χ1) is 24.7. The lowest BCUT2D eigenvalue weighted by Gasteiger charge is -2.09. The van der Waals surface area contributed by atoms with Crippen molar-refractivity contribution in [2.45, 2.75) is 58.8 Å². The lowest BCUT2D eigenvalue weighted by atomic mass is 10.1. The third kappa shape index (κ3) is 42.7. The highest BCUT2D eigenvalue weighted by Gasteiger charge is 2.03. The van der Waals surface area contributed by atoms with Crippen molar-refractivity contribution in [2.24, 2.45) is 0 Å². The lowest BCUT2D eigenvalue weighted by Crippen LogP contribution is -2.15. The fourth-order valence-electron chi connectivity index (χ4n) is 3.85. The minimum Gasteiger partial charge on any atom is -0.466 e. The summed E-state index contributed by atoms with van der Waals surface area (Å²) in [5, 5.41) is 0. The van der Waals surface area contributed by atoms with Crippen molar-refractivity contribution in [3.05, 3.63) is 0 Å². The van der Waals surface area contributed by atoms with Gasteiger partial charge in [0, 0.05) is 6.42 Å². The maximum atomic E-state index is 11.6. The molecule has 0 unspecified atom stereocenters. The maximum absolute atomic E-state index is 11.6. The number of hydrogen-bond donors (Lipinski definition) is 0. The van der Waals surface area contributed by atoms with Gasteiger partial charge in [-0.1, -0.05) is 32.6 Å². The first-order valence-corrected chi connectivity index (χ1v) is 18.4. The van der Waals surface area contributed by atoms with Gasteiger partial charge in [0.05, 0.1) is 158 Å². The standard InChI is InChI=1S/C35H68O15/c1-3-5-6-7-8-9-34(36)50-33-32-48-31-30-47-29-28-46-27-26-45-25-24-44-23-22-43-21-20-42-19-18-41-17-16-40-15-14-39-13-12-38-11-10-35(37)49-4-2/h3-33H2,1-2H3. The monoisotopic (exact) mass is 728 g/mol. The Kier molecular flexibility index (Phi) is 42.4. The van der Waals surface area contributed by atoms with Gasteiger partial charge in [-0.3, -0.25) is 9.59 Å². The number of rotatable bonds is 43. The zero-order valence-corrected chi connectivity index (χ0v) is 31.0. The molecule has 0 fully saturated rings. The molecule has 15 nitrogen and oxygen atoms in total. The molecule has 0 heterocycles. The van der Waals surface area contributed by atoms with Gasteiger partial charge < -0.3 is 61.6 Å². The number of ether oxygens (including phenoxy) is 13. The molecule has 0 aromatic carbocycles. The molecule has 0 radical (unpaired) electrons. The summed E-state index contributed by atoms with van der Waals surface area (Å²) in [5.74, 6) is -0.404. The Bertz CT molecular complexity index is 686. The van der Waals surface area contributed by atoms with Crippen molar-refractivity contribution >= 4 is 11.9 Å². The maximum Gasteiger partial charge on any atom is 0.308 e. The number of carbonyl (C=O) groups excluding carboxylic acids is 2. The smallest absolute Gasteiger partial charge is 0.308 e. The molecule has 0 saturated carbocycles. The van der Waals surface area contributed by atoms with Crippen molar-refractivity contribution < 1.29 is 71.2 Å². The molecule has 0 aromatic heterocycles. The van der Waals surface area contributed by atoms with E-state index in [2.05, 4.69) is 6.92 Å². The SMILES string of the molecule is CCCCCCCC(=O)OCCOCCOCCOCCOCCOCCOCCOCCOCCOCCOCCOCCC(=O)OCC. The number of unbranched alkanes of at least 4 members (excludes halogenated alkanes) is 4. The predicted molar refractivity (Wildman–Crippen MR) is 185 cm³/mol. The minimum absolute atomic E-state index is 0.151. The van der Waals surface area contributed by atoms with Gasteiger partial charge in [-0.2, -0.15) is 0 Å². The van der Waals surface area contributed by atoms with Crippen LogP contribution in [0.25, 0.3) is 0 Å². The molecular weight excluding hydrogens is 660 g/mol. The summed E-state index contributed by atoms with van der Waals surface area (Å²) >= 11 is 0. The van der Waals surface area contributed by atoms with E-state index in [0.717, 1.165) is 12.8 Å². The van der Waals surface area contributed by atoms with Gasteiger partial charge in [-0.25, -0.2) is 0 Å². The molecule has 0 N–H and O–H groups in total. The van der Waals surface area contributed by atoms with E-state index in [9.17, 15) is 9.59 Å². The summed E-state index contributed by atoms with van der Waals surface area (Å²) in [6.45, 7) is 14.9. The number of carbonyl (C=O) groups is 2. The highest BCUT2D eigenvalue weighted by molar-refractivity contribution is 5.69. The van der Waals surface area contributed by atoms with E-state index in [4.69, 9.17) is 61.6 Å². The van der Waals surface area contributed by atoms with Gasteiger partial charge in [0.15, 0.2) is 0 Å². The fourth-order valence-corrected chi connectivity index (χ4v) is 3.85. The molecule has 0 rings (SSSR count). The Labute approximate surface area is 300 Å². The molecule has 15 heteroatoms. The highest BCUT2D eigenvalue weighted by Crippen LogP contribution is 2.05. The predicted octanol–water partition coefficient (Wildman–Crippen LogP) is 3.03. The Morgan fingerprint density at radius 2 is 0.580 bits per heavy atom. The Balaban J connectivity index is 3.10. The second-order valence-corrected chi connectivity index (χ2v) is 10.7. The second-order valence-electron chi connectivity index (χ2n) is 10.7. The fraction of sp³-hybridized carbons (Fsp3) is 0.943. The van der Waals surface area contributed by atoms with E-state index >= 15 is 0 Å². The van der Waals surface area contributed by atoms with Gasteiger partial charge in [0.1, 0.15) is 6.61 Å². The molecule has 0 aromatic rings. The molecular formula is C35H68O15. The van der Waals surface area contributed by atoms with E-state index in [0.29, 0.717) is 158 Å². The van der Waals surface area contributed by atoms with E-state index < -0.39 is 0 Å². The van der Waals surface area contributed by atoms with Crippen LogP contribution in [0.2, 0.25) is 0 Å². The molecule has 298 valence electrons. The average Bonchev–Trinajstić information content (AvgIpc) is 3.11. The van der Waals surface area contributed by atoms with Crippen LogP contribution in [0.3, 0.4) is 0 Å². The average molecular weight is 729 g/mol. The van der Waals surface area contributed by atoms with Crippen LogP contribution < -0.4 is 0 Å². The van der Waals surface area contributed by atoms with Gasteiger partial charge in [0.25, 0.3) is 0 Å². The van der Waals surface area contributed by atoms with Gasteiger partial charge in [0.2, 0.25) is 0 Å². The zero-order chi connectivity index (χ0) is 36.3. The van der Waals surface area contributed by atoms with Crippen LogP contribution in [0.5, 0.6) is 0 Å². The molecule has 0 atom stereocenters. The first-order valence-electron chi connectivity index (χ1n) is 18.4. The second kappa shape index (κ2) is 43.7. The van der Waals surface area contributed by atoms with Crippen molar-refractivity contribution in [1.82, 2.24) is 0 Å². The molecule has 50 heavy (non-hydrogen) atoms. The number of esters is 2. The van der Waals surface area contributed by atoms with Gasteiger partial charge in [-0.05, 0) is 13.3 Å². The third-order valence-electron chi connectivity index (χ3n) is 6.45. The van der Waals surface area contributed by atoms with Crippen LogP contribution in [0.1, 0.15) is 58.8 Å². The van der Waals surface area contributed by atoms with Crippen molar-refractivity contribution in [1.29, 1.82) is 0 Å². The van der Waals surface area contributed by atoms with Crippen molar-refractivity contribution in [3.8, 4) is 0 Å². The molecule has 0 aliphatic carbocycles. The highest BCUT2D eigenvalue weighted by atomic mass is 16.6. The molecule has 0 amide bonds. The molecule has 0 saturated heterocycles. The molecule has 0 spiro atoms. The van der Waals surface area contributed by atoms with Crippen LogP contribution in [0, 0.1) is 0 Å². The van der Waals surface area contributed by atoms with E-state index in [1.807, 2.05) is 0 Å². The van der Waals surface area contributed by atoms with Crippen LogP contribution in [-0.4, -0.2) is 171 Å².